The molecule has 22 heavy (non-hydrogen) atoms. The fourth-order valence-corrected chi connectivity index (χ4v) is 2.55. The average Bonchev–Trinajstić information content (AvgIpc) is 2.94. The number of likely N-dealkylation sites (tertiary alicyclic amines) is 1. The van der Waals surface area contributed by atoms with Crippen molar-refractivity contribution < 1.29 is 9.59 Å². The number of carbonyl (C=O) groups excluding carboxylic acids is 2. The topological polar surface area (TPSA) is 61.4 Å². The summed E-state index contributed by atoms with van der Waals surface area (Å²) in [5.74, 6) is 0.239. The van der Waals surface area contributed by atoms with Gasteiger partial charge in [-0.25, -0.2) is 0 Å². The van der Waals surface area contributed by atoms with E-state index < -0.39 is 0 Å². The van der Waals surface area contributed by atoms with Crippen LogP contribution < -0.4 is 10.6 Å². The van der Waals surface area contributed by atoms with E-state index >= 15 is 0 Å². The lowest BCUT2D eigenvalue weighted by molar-refractivity contribution is -0.127. The number of rotatable bonds is 8. The maximum absolute atomic E-state index is 11.9. The van der Waals surface area contributed by atoms with Crippen molar-refractivity contribution in [2.45, 2.75) is 32.6 Å². The van der Waals surface area contributed by atoms with Gasteiger partial charge in [0.2, 0.25) is 5.91 Å². The number of amides is 2. The van der Waals surface area contributed by atoms with Gasteiger partial charge in [0.05, 0.1) is 0 Å². The van der Waals surface area contributed by atoms with E-state index in [0.717, 1.165) is 44.6 Å². The lowest BCUT2D eigenvalue weighted by Gasteiger charge is -2.15. The number of nitrogens with zero attached hydrogens (tertiary/aromatic N) is 1. The van der Waals surface area contributed by atoms with Crippen molar-refractivity contribution in [2.75, 3.05) is 31.5 Å². The number of hydrogen-bond acceptors (Lipinski definition) is 3. The van der Waals surface area contributed by atoms with Gasteiger partial charge in [0.15, 0.2) is 0 Å². The van der Waals surface area contributed by atoms with Crippen LogP contribution in [0.5, 0.6) is 0 Å². The molecular weight excluding hydrogens is 278 g/mol. The molecule has 0 bridgehead atoms. The van der Waals surface area contributed by atoms with Gasteiger partial charge < -0.3 is 15.5 Å². The van der Waals surface area contributed by atoms with Crippen LogP contribution in [0.25, 0.3) is 0 Å². The molecule has 1 saturated heterocycles. The monoisotopic (exact) mass is 303 g/mol. The Labute approximate surface area is 132 Å². The molecule has 1 aliphatic rings. The molecule has 2 rings (SSSR count). The van der Waals surface area contributed by atoms with Crippen LogP contribution in [0.3, 0.4) is 0 Å². The van der Waals surface area contributed by atoms with Gasteiger partial charge in [0.25, 0.3) is 5.91 Å². The second kappa shape index (κ2) is 8.41. The minimum absolute atomic E-state index is 0.0341. The zero-order chi connectivity index (χ0) is 15.8. The number of benzene rings is 1. The molecule has 0 atom stereocenters. The molecule has 1 fully saturated rings. The lowest BCUT2D eigenvalue weighted by Crippen LogP contribution is -2.27. The Morgan fingerprint density at radius 2 is 2.18 bits per heavy atom. The second-order valence-corrected chi connectivity index (χ2v) is 5.60. The van der Waals surface area contributed by atoms with Crippen molar-refractivity contribution in [2.24, 2.45) is 0 Å². The van der Waals surface area contributed by atoms with E-state index in [0.29, 0.717) is 18.5 Å². The molecule has 120 valence electrons. The molecular formula is C17H25N3O2. The Hall–Kier alpha value is -2.04. The van der Waals surface area contributed by atoms with Gasteiger partial charge in [-0.05, 0) is 37.5 Å². The smallest absolute Gasteiger partial charge is 0.251 e. The summed E-state index contributed by atoms with van der Waals surface area (Å²) < 4.78 is 0. The van der Waals surface area contributed by atoms with Gasteiger partial charge in [0.1, 0.15) is 0 Å². The minimum atomic E-state index is -0.0341. The molecule has 0 saturated carbocycles. The van der Waals surface area contributed by atoms with Crippen molar-refractivity contribution in [1.82, 2.24) is 10.2 Å². The van der Waals surface area contributed by atoms with E-state index in [2.05, 4.69) is 10.6 Å². The first-order chi connectivity index (χ1) is 10.7. The number of anilines is 1. The van der Waals surface area contributed by atoms with Crippen LogP contribution in [-0.4, -0.2) is 42.9 Å². The molecule has 1 heterocycles. The molecule has 2 amide bonds. The van der Waals surface area contributed by atoms with Gasteiger partial charge >= 0.3 is 0 Å². The first-order valence-electron chi connectivity index (χ1n) is 8.10. The lowest BCUT2D eigenvalue weighted by atomic mass is 10.2. The van der Waals surface area contributed by atoms with Crippen LogP contribution >= 0.6 is 0 Å². The van der Waals surface area contributed by atoms with Gasteiger partial charge in [-0.15, -0.1) is 0 Å². The summed E-state index contributed by atoms with van der Waals surface area (Å²) in [5, 5.41) is 6.19. The Morgan fingerprint density at radius 3 is 2.91 bits per heavy atom. The summed E-state index contributed by atoms with van der Waals surface area (Å²) in [7, 11) is 0. The van der Waals surface area contributed by atoms with Crippen molar-refractivity contribution in [3.63, 3.8) is 0 Å². The third-order valence-corrected chi connectivity index (χ3v) is 3.77. The largest absolute Gasteiger partial charge is 0.385 e. The standard InChI is InChI=1S/C17H25N3O2/c1-2-9-19-17(22)14-6-3-7-15(13-14)18-10-5-12-20-11-4-8-16(20)21/h3,6-7,13,18H,2,4-5,8-12H2,1H3,(H,19,22). The first-order valence-corrected chi connectivity index (χ1v) is 8.10. The molecule has 1 aromatic rings. The predicted molar refractivity (Wildman–Crippen MR) is 88.0 cm³/mol. The Balaban J connectivity index is 1.75. The van der Waals surface area contributed by atoms with Crippen LogP contribution in [0.4, 0.5) is 5.69 Å². The van der Waals surface area contributed by atoms with E-state index in [4.69, 9.17) is 0 Å². The van der Waals surface area contributed by atoms with Gasteiger partial charge in [-0.2, -0.15) is 0 Å². The van der Waals surface area contributed by atoms with E-state index in [-0.39, 0.29) is 11.8 Å². The molecule has 1 aromatic carbocycles. The van der Waals surface area contributed by atoms with E-state index in [1.165, 1.54) is 0 Å². The third kappa shape index (κ3) is 4.76. The average molecular weight is 303 g/mol. The van der Waals surface area contributed by atoms with Crippen LogP contribution in [-0.2, 0) is 4.79 Å². The highest BCUT2D eigenvalue weighted by Crippen LogP contribution is 2.12. The highest BCUT2D eigenvalue weighted by atomic mass is 16.2. The minimum Gasteiger partial charge on any atom is -0.385 e. The van der Waals surface area contributed by atoms with Crippen LogP contribution in [0, 0.1) is 0 Å². The maximum Gasteiger partial charge on any atom is 0.251 e. The molecule has 1 aliphatic heterocycles. The summed E-state index contributed by atoms with van der Waals surface area (Å²) in [6.07, 6.45) is 3.53. The zero-order valence-corrected chi connectivity index (χ0v) is 13.2. The van der Waals surface area contributed by atoms with Gasteiger partial charge in [-0.3, -0.25) is 9.59 Å². The molecule has 0 aliphatic carbocycles. The summed E-state index contributed by atoms with van der Waals surface area (Å²) >= 11 is 0. The van der Waals surface area contributed by atoms with E-state index in [9.17, 15) is 9.59 Å². The number of nitrogens with one attached hydrogen (secondary N) is 2. The van der Waals surface area contributed by atoms with Crippen LogP contribution in [0.15, 0.2) is 24.3 Å². The normalized spacial score (nSPS) is 14.2. The third-order valence-electron chi connectivity index (χ3n) is 3.77. The Morgan fingerprint density at radius 1 is 1.32 bits per heavy atom. The molecule has 2 N–H and O–H groups in total. The zero-order valence-electron chi connectivity index (χ0n) is 13.2. The van der Waals surface area contributed by atoms with Crippen LogP contribution in [0.1, 0.15) is 43.0 Å². The van der Waals surface area contributed by atoms with Gasteiger partial charge in [0, 0.05) is 43.9 Å². The number of hydrogen-bond donors (Lipinski definition) is 2. The molecule has 0 unspecified atom stereocenters. The fraction of sp³-hybridized carbons (Fsp3) is 0.529. The molecule has 0 spiro atoms. The Kier molecular flexibility index (Phi) is 6.25. The van der Waals surface area contributed by atoms with E-state index in [1.54, 1.807) is 0 Å². The van der Waals surface area contributed by atoms with Crippen LogP contribution in [0.2, 0.25) is 0 Å². The number of carbonyl (C=O) groups is 2. The molecule has 0 aromatic heterocycles. The van der Waals surface area contributed by atoms with Crippen molar-refractivity contribution in [3.8, 4) is 0 Å². The quantitative estimate of drug-likeness (QED) is 0.724. The summed E-state index contributed by atoms with van der Waals surface area (Å²) in [6.45, 7) is 5.22. The second-order valence-electron chi connectivity index (χ2n) is 5.60. The highest BCUT2D eigenvalue weighted by Gasteiger charge is 2.18. The predicted octanol–water partition coefficient (Wildman–Crippen LogP) is 2.25. The Bertz CT molecular complexity index is 516. The SMILES string of the molecule is CCCNC(=O)c1cccc(NCCCN2CCCC2=O)c1. The first kappa shape index (κ1) is 16.3. The fourth-order valence-electron chi connectivity index (χ4n) is 2.55. The summed E-state index contributed by atoms with van der Waals surface area (Å²) in [4.78, 5) is 25.3. The molecule has 5 heteroatoms. The summed E-state index contributed by atoms with van der Waals surface area (Å²) in [5.41, 5.74) is 1.62. The highest BCUT2D eigenvalue weighted by molar-refractivity contribution is 5.95. The van der Waals surface area contributed by atoms with Crippen molar-refractivity contribution in [1.29, 1.82) is 0 Å². The molecule has 5 nitrogen and oxygen atoms in total. The summed E-state index contributed by atoms with van der Waals surface area (Å²) in [6, 6.07) is 7.52. The molecule has 0 radical (unpaired) electrons. The van der Waals surface area contributed by atoms with E-state index in [1.807, 2.05) is 36.1 Å². The maximum atomic E-state index is 11.9. The van der Waals surface area contributed by atoms with Gasteiger partial charge in [-0.1, -0.05) is 13.0 Å². The van der Waals surface area contributed by atoms with Crippen molar-refractivity contribution >= 4 is 17.5 Å². The van der Waals surface area contributed by atoms with Crippen molar-refractivity contribution in [3.05, 3.63) is 29.8 Å².